The van der Waals surface area contributed by atoms with Gasteiger partial charge in [0.25, 0.3) is 0 Å². The van der Waals surface area contributed by atoms with Crippen molar-refractivity contribution in [2.24, 2.45) is 0 Å². The topological polar surface area (TPSA) is 13.1 Å². The van der Waals surface area contributed by atoms with Crippen molar-refractivity contribution in [1.29, 1.82) is 0 Å². The Hall–Kier alpha value is -1.54. The summed E-state index contributed by atoms with van der Waals surface area (Å²) in [7, 11) is -1.41. The SMILES string of the molecule is CC[Si](CC)(CC)c1cccc2c1oc1ccccc12. The lowest BCUT2D eigenvalue weighted by molar-refractivity contribution is 0.671. The number of furan rings is 1. The predicted molar refractivity (Wildman–Crippen MR) is 90.6 cm³/mol. The van der Waals surface area contributed by atoms with Crippen LogP contribution in [-0.2, 0) is 0 Å². The lowest BCUT2D eigenvalue weighted by atomic mass is 10.1. The quantitative estimate of drug-likeness (QED) is 0.592. The largest absolute Gasteiger partial charge is 0.456 e. The van der Waals surface area contributed by atoms with Crippen LogP contribution in [0.2, 0.25) is 18.1 Å². The van der Waals surface area contributed by atoms with E-state index in [0.29, 0.717) is 0 Å². The maximum absolute atomic E-state index is 6.23. The van der Waals surface area contributed by atoms with Crippen LogP contribution in [0.1, 0.15) is 20.8 Å². The van der Waals surface area contributed by atoms with Crippen molar-refractivity contribution in [1.82, 2.24) is 0 Å². The van der Waals surface area contributed by atoms with Crippen molar-refractivity contribution in [3.63, 3.8) is 0 Å². The fraction of sp³-hybridized carbons (Fsp3) is 0.333. The van der Waals surface area contributed by atoms with E-state index in [4.69, 9.17) is 4.42 Å². The van der Waals surface area contributed by atoms with Gasteiger partial charge in [0.05, 0.1) is 8.07 Å². The lowest BCUT2D eigenvalue weighted by Gasteiger charge is -2.28. The molecule has 2 heteroatoms. The number of para-hydroxylation sites is 2. The van der Waals surface area contributed by atoms with E-state index in [0.717, 1.165) is 11.2 Å². The summed E-state index contributed by atoms with van der Waals surface area (Å²) in [5.74, 6) is 0. The molecule has 1 aromatic heterocycles. The zero-order chi connectivity index (χ0) is 14.2. The average molecular weight is 282 g/mol. The molecule has 0 radical (unpaired) electrons. The molecule has 0 aliphatic rings. The van der Waals surface area contributed by atoms with Crippen LogP contribution in [0.4, 0.5) is 0 Å². The van der Waals surface area contributed by atoms with Gasteiger partial charge in [0.1, 0.15) is 11.2 Å². The Kier molecular flexibility index (Phi) is 3.43. The van der Waals surface area contributed by atoms with E-state index in [-0.39, 0.29) is 0 Å². The highest BCUT2D eigenvalue weighted by molar-refractivity contribution is 6.93. The summed E-state index contributed by atoms with van der Waals surface area (Å²) in [5, 5.41) is 4.04. The van der Waals surface area contributed by atoms with Gasteiger partial charge in [-0.2, -0.15) is 0 Å². The molecule has 104 valence electrons. The fourth-order valence-corrected chi connectivity index (χ4v) is 7.25. The lowest BCUT2D eigenvalue weighted by Crippen LogP contribution is -2.45. The molecule has 0 aliphatic carbocycles. The van der Waals surface area contributed by atoms with Gasteiger partial charge in [-0.3, -0.25) is 0 Å². The highest BCUT2D eigenvalue weighted by Gasteiger charge is 2.32. The molecule has 0 unspecified atom stereocenters. The Balaban J connectivity index is 2.37. The molecule has 0 spiro atoms. The third-order valence-electron chi connectivity index (χ3n) is 5.01. The maximum atomic E-state index is 6.23. The normalized spacial score (nSPS) is 12.3. The molecule has 20 heavy (non-hydrogen) atoms. The second-order valence-electron chi connectivity index (χ2n) is 5.62. The summed E-state index contributed by atoms with van der Waals surface area (Å²) in [6.07, 6.45) is 0. The number of hydrogen-bond donors (Lipinski definition) is 0. The molecule has 1 heterocycles. The highest BCUT2D eigenvalue weighted by Crippen LogP contribution is 2.31. The summed E-state index contributed by atoms with van der Waals surface area (Å²) >= 11 is 0. The van der Waals surface area contributed by atoms with Crippen LogP contribution in [0.3, 0.4) is 0 Å². The Bertz CT molecular complexity index is 729. The highest BCUT2D eigenvalue weighted by atomic mass is 28.3. The monoisotopic (exact) mass is 282 g/mol. The first-order valence-corrected chi connectivity index (χ1v) is 10.3. The Morgan fingerprint density at radius 2 is 1.45 bits per heavy atom. The minimum absolute atomic E-state index is 1.01. The molecule has 0 saturated heterocycles. The molecule has 0 amide bonds. The minimum atomic E-state index is -1.41. The van der Waals surface area contributed by atoms with E-state index < -0.39 is 8.07 Å². The molecule has 0 atom stereocenters. The molecule has 0 bridgehead atoms. The summed E-state index contributed by atoms with van der Waals surface area (Å²) in [5.41, 5.74) is 2.16. The van der Waals surface area contributed by atoms with Gasteiger partial charge in [-0.05, 0) is 11.3 Å². The first-order chi connectivity index (χ1) is 9.75. The van der Waals surface area contributed by atoms with Crippen LogP contribution in [-0.4, -0.2) is 8.07 Å². The smallest absolute Gasteiger partial charge is 0.135 e. The minimum Gasteiger partial charge on any atom is -0.456 e. The van der Waals surface area contributed by atoms with Crippen molar-refractivity contribution < 1.29 is 4.42 Å². The van der Waals surface area contributed by atoms with Crippen LogP contribution in [0.15, 0.2) is 46.9 Å². The summed E-state index contributed by atoms with van der Waals surface area (Å²) in [6.45, 7) is 7.04. The number of fused-ring (bicyclic) bond motifs is 3. The van der Waals surface area contributed by atoms with Gasteiger partial charge in [-0.15, -0.1) is 0 Å². The van der Waals surface area contributed by atoms with E-state index in [2.05, 4.69) is 63.2 Å². The van der Waals surface area contributed by atoms with Crippen molar-refractivity contribution in [2.45, 2.75) is 38.9 Å². The first-order valence-electron chi connectivity index (χ1n) is 7.66. The predicted octanol–water partition coefficient (Wildman–Crippen LogP) is 5.30. The zero-order valence-electron chi connectivity index (χ0n) is 12.6. The molecule has 0 saturated carbocycles. The molecule has 1 nitrogen and oxygen atoms in total. The Morgan fingerprint density at radius 1 is 0.800 bits per heavy atom. The van der Waals surface area contributed by atoms with Crippen LogP contribution < -0.4 is 5.19 Å². The molecular formula is C18H22OSi. The van der Waals surface area contributed by atoms with Crippen molar-refractivity contribution >= 4 is 35.2 Å². The van der Waals surface area contributed by atoms with E-state index in [1.54, 1.807) is 0 Å². The molecule has 3 aromatic rings. The number of hydrogen-bond acceptors (Lipinski definition) is 1. The van der Waals surface area contributed by atoms with Gasteiger partial charge in [0, 0.05) is 10.8 Å². The van der Waals surface area contributed by atoms with Gasteiger partial charge >= 0.3 is 0 Å². The molecule has 0 fully saturated rings. The Morgan fingerprint density at radius 3 is 2.15 bits per heavy atom. The summed E-state index contributed by atoms with van der Waals surface area (Å²) < 4.78 is 6.23. The van der Waals surface area contributed by atoms with E-state index >= 15 is 0 Å². The third-order valence-corrected chi connectivity index (χ3v) is 10.6. The summed E-state index contributed by atoms with van der Waals surface area (Å²) in [6, 6.07) is 19.0. The van der Waals surface area contributed by atoms with E-state index in [1.165, 1.54) is 34.1 Å². The zero-order valence-corrected chi connectivity index (χ0v) is 13.6. The maximum Gasteiger partial charge on any atom is 0.135 e. The second-order valence-corrected chi connectivity index (χ2v) is 10.8. The molecule has 0 N–H and O–H groups in total. The standard InChI is InChI=1S/C18H22OSi/c1-4-20(5-2,6-3)17-13-9-11-15-14-10-7-8-12-16(14)19-18(15)17/h7-13H,4-6H2,1-3H3. The van der Waals surface area contributed by atoms with Gasteiger partial charge < -0.3 is 4.42 Å². The molecule has 0 aliphatic heterocycles. The van der Waals surface area contributed by atoms with Gasteiger partial charge in [0.2, 0.25) is 0 Å². The molecular weight excluding hydrogens is 260 g/mol. The molecule has 2 aromatic carbocycles. The number of benzene rings is 2. The van der Waals surface area contributed by atoms with E-state index in [1.807, 2.05) is 0 Å². The first kappa shape index (κ1) is 13.4. The van der Waals surface area contributed by atoms with E-state index in [9.17, 15) is 0 Å². The number of rotatable bonds is 4. The average Bonchev–Trinajstić information content (AvgIpc) is 2.89. The summed E-state index contributed by atoms with van der Waals surface area (Å²) in [4.78, 5) is 0. The van der Waals surface area contributed by atoms with Crippen molar-refractivity contribution in [3.05, 3.63) is 42.5 Å². The fourth-order valence-electron chi connectivity index (χ4n) is 3.49. The van der Waals surface area contributed by atoms with Gasteiger partial charge in [-0.1, -0.05) is 75.3 Å². The van der Waals surface area contributed by atoms with Gasteiger partial charge in [-0.25, -0.2) is 0 Å². The third kappa shape index (κ3) is 1.82. The van der Waals surface area contributed by atoms with Crippen molar-refractivity contribution in [3.8, 4) is 0 Å². The van der Waals surface area contributed by atoms with Crippen LogP contribution in [0, 0.1) is 0 Å². The molecule has 3 rings (SSSR count). The second kappa shape index (κ2) is 5.10. The van der Waals surface area contributed by atoms with Crippen LogP contribution >= 0.6 is 0 Å². The van der Waals surface area contributed by atoms with Crippen LogP contribution in [0.25, 0.3) is 21.9 Å². The Labute approximate surface area is 121 Å². The van der Waals surface area contributed by atoms with Gasteiger partial charge in [0.15, 0.2) is 0 Å². The van der Waals surface area contributed by atoms with Crippen molar-refractivity contribution in [2.75, 3.05) is 0 Å². The van der Waals surface area contributed by atoms with Crippen LogP contribution in [0.5, 0.6) is 0 Å².